The summed E-state index contributed by atoms with van der Waals surface area (Å²) in [5, 5.41) is 10.3. The van der Waals surface area contributed by atoms with Crippen molar-refractivity contribution in [3.63, 3.8) is 0 Å². The molecule has 2 atom stereocenters. The minimum Gasteiger partial charge on any atom is -0.480 e. The van der Waals surface area contributed by atoms with E-state index < -0.39 is 32.7 Å². The van der Waals surface area contributed by atoms with E-state index in [1.807, 2.05) is 0 Å². The fraction of sp³-hybridized carbons (Fsp3) is 0.750. The predicted molar refractivity (Wildman–Crippen MR) is 53.4 cm³/mol. The van der Waals surface area contributed by atoms with E-state index in [9.17, 15) is 13.8 Å². The average Bonchev–Trinajstić information content (AvgIpc) is 2.13. The highest BCUT2D eigenvalue weighted by Crippen LogP contribution is 2.17. The quantitative estimate of drug-likeness (QED) is 0.684. The van der Waals surface area contributed by atoms with Gasteiger partial charge in [-0.1, -0.05) is 0 Å². The van der Waals surface area contributed by atoms with E-state index in [0.717, 1.165) is 0 Å². The Labute approximate surface area is 85.3 Å². The number of rotatable bonds is 4. The highest BCUT2D eigenvalue weighted by molar-refractivity contribution is 7.88. The van der Waals surface area contributed by atoms with Crippen LogP contribution in [0.3, 0.4) is 0 Å². The highest BCUT2D eigenvalue weighted by Gasteiger charge is 2.39. The minimum absolute atomic E-state index is 0.419. The zero-order chi connectivity index (χ0) is 11.5. The lowest BCUT2D eigenvalue weighted by Gasteiger charge is -2.22. The van der Waals surface area contributed by atoms with Crippen LogP contribution in [0.1, 0.15) is 20.8 Å². The third-order valence-corrected chi connectivity index (χ3v) is 3.99. The van der Waals surface area contributed by atoms with Gasteiger partial charge in [-0.25, -0.2) is 0 Å². The summed E-state index contributed by atoms with van der Waals surface area (Å²) in [5.41, 5.74) is 0. The van der Waals surface area contributed by atoms with Crippen molar-refractivity contribution in [3.8, 4) is 0 Å². The van der Waals surface area contributed by atoms with E-state index in [2.05, 4.69) is 5.32 Å². The maximum atomic E-state index is 11.7. The average molecular weight is 221 g/mol. The maximum absolute atomic E-state index is 11.7. The number of carboxylic acid groups (broad SMARTS) is 1. The highest BCUT2D eigenvalue weighted by atomic mass is 32.2. The van der Waals surface area contributed by atoms with Crippen molar-refractivity contribution in [3.05, 3.63) is 0 Å². The number of carboxylic acids is 1. The van der Waals surface area contributed by atoms with Gasteiger partial charge in [-0.3, -0.25) is 13.8 Å². The predicted octanol–water partition coefficient (Wildman–Crippen LogP) is -0.267. The van der Waals surface area contributed by atoms with Gasteiger partial charge in [0.25, 0.3) is 0 Å². The van der Waals surface area contributed by atoms with E-state index >= 15 is 0 Å². The van der Waals surface area contributed by atoms with Crippen molar-refractivity contribution < 1.29 is 18.9 Å². The lowest BCUT2D eigenvalue weighted by Crippen LogP contribution is -2.45. The first-order valence-corrected chi connectivity index (χ1v) is 5.32. The molecule has 0 aliphatic heterocycles. The second-order valence-corrected chi connectivity index (χ2v) is 5.69. The smallest absolute Gasteiger partial charge is 0.321 e. The fourth-order valence-corrected chi connectivity index (χ4v) is 2.20. The molecule has 0 spiro atoms. The third kappa shape index (κ3) is 2.54. The summed E-state index contributed by atoms with van der Waals surface area (Å²) in [5.74, 6) is -1.59. The molecule has 82 valence electrons. The molecule has 1 amide bonds. The maximum Gasteiger partial charge on any atom is 0.321 e. The molecule has 0 heterocycles. The summed E-state index contributed by atoms with van der Waals surface area (Å²) >= 11 is 0. The normalized spacial score (nSPS) is 15.7. The Hall–Kier alpha value is -0.910. The van der Waals surface area contributed by atoms with Crippen molar-refractivity contribution in [2.24, 2.45) is 0 Å². The van der Waals surface area contributed by atoms with E-state index in [0.29, 0.717) is 0 Å². The number of amides is 1. The molecule has 0 aromatic carbocycles. The molecule has 0 rings (SSSR count). The Morgan fingerprint density at radius 2 is 1.86 bits per heavy atom. The van der Waals surface area contributed by atoms with Crippen molar-refractivity contribution in [2.75, 3.05) is 7.05 Å². The molecule has 0 aliphatic carbocycles. The molecule has 2 N–H and O–H groups in total. The zero-order valence-corrected chi connectivity index (χ0v) is 9.47. The number of nitrogens with one attached hydrogen (secondary N) is 1. The lowest BCUT2D eigenvalue weighted by atomic mass is 10.2. The van der Waals surface area contributed by atoms with Crippen LogP contribution in [0.4, 0.5) is 0 Å². The molecule has 0 saturated carbocycles. The van der Waals surface area contributed by atoms with Crippen molar-refractivity contribution >= 4 is 22.7 Å². The van der Waals surface area contributed by atoms with Crippen molar-refractivity contribution in [1.82, 2.24) is 5.32 Å². The molecule has 0 radical (unpaired) electrons. The van der Waals surface area contributed by atoms with Crippen molar-refractivity contribution in [1.29, 1.82) is 0 Å². The third-order valence-electron chi connectivity index (χ3n) is 1.95. The first kappa shape index (κ1) is 13.1. The minimum atomic E-state index is -1.75. The van der Waals surface area contributed by atoms with Crippen molar-refractivity contribution in [2.45, 2.75) is 30.8 Å². The number of carbonyl (C=O) groups excluding carboxylic acids is 1. The van der Waals surface area contributed by atoms with E-state index in [4.69, 9.17) is 5.11 Å². The summed E-state index contributed by atoms with van der Waals surface area (Å²) in [6, 6.07) is 0. The zero-order valence-electron chi connectivity index (χ0n) is 8.66. The molecule has 14 heavy (non-hydrogen) atoms. The van der Waals surface area contributed by atoms with Gasteiger partial charge in [-0.2, -0.15) is 0 Å². The molecular weight excluding hydrogens is 206 g/mol. The second kappa shape index (κ2) is 4.54. The fourth-order valence-electron chi connectivity index (χ4n) is 0.828. The van der Waals surface area contributed by atoms with Gasteiger partial charge in [0.2, 0.25) is 5.91 Å². The summed E-state index contributed by atoms with van der Waals surface area (Å²) in [7, 11) is -0.326. The van der Waals surface area contributed by atoms with Crippen LogP contribution in [0.5, 0.6) is 0 Å². The summed E-state index contributed by atoms with van der Waals surface area (Å²) in [6.07, 6.45) is 0. The van der Waals surface area contributed by atoms with Gasteiger partial charge in [-0.05, 0) is 20.8 Å². The van der Waals surface area contributed by atoms with Gasteiger partial charge in [0.05, 0.1) is 10.8 Å². The van der Waals surface area contributed by atoms with Gasteiger partial charge in [0.15, 0.2) is 0 Å². The largest absolute Gasteiger partial charge is 0.480 e. The van der Waals surface area contributed by atoms with Crippen LogP contribution in [-0.4, -0.2) is 38.2 Å². The van der Waals surface area contributed by atoms with Crippen LogP contribution in [0.2, 0.25) is 0 Å². The van der Waals surface area contributed by atoms with E-state index in [-0.39, 0.29) is 0 Å². The molecule has 0 fully saturated rings. The summed E-state index contributed by atoms with van der Waals surface area (Å²) < 4.78 is 10.3. The first-order valence-electron chi connectivity index (χ1n) is 4.10. The van der Waals surface area contributed by atoms with Gasteiger partial charge in [0, 0.05) is 7.05 Å². The summed E-state index contributed by atoms with van der Waals surface area (Å²) in [4.78, 5) is 21.9. The standard InChI is InChI=1S/C8H15NO4S/c1-5(6(10)9-4)14(13)8(2,3)7(11)12/h5H,1-4H3,(H,9,10)(H,11,12). The van der Waals surface area contributed by atoms with Crippen LogP contribution >= 0.6 is 0 Å². The Bertz CT molecular complexity index is 275. The van der Waals surface area contributed by atoms with Crippen LogP contribution in [0.25, 0.3) is 0 Å². The molecule has 2 unspecified atom stereocenters. The second-order valence-electron chi connectivity index (χ2n) is 3.37. The molecule has 0 aromatic rings. The molecule has 6 heteroatoms. The molecule has 5 nitrogen and oxygen atoms in total. The summed E-state index contributed by atoms with van der Waals surface area (Å²) in [6.45, 7) is 4.12. The Balaban J connectivity index is 4.79. The number of hydrogen-bond donors (Lipinski definition) is 2. The SMILES string of the molecule is CNC(=O)C(C)S(=O)C(C)(C)C(=O)O. The Kier molecular flexibility index (Phi) is 4.25. The number of aliphatic carboxylic acids is 1. The van der Waals surface area contributed by atoms with Crippen LogP contribution in [0, 0.1) is 0 Å². The molecular formula is C8H15NO4S. The van der Waals surface area contributed by atoms with E-state index in [1.165, 1.54) is 27.8 Å². The first-order chi connectivity index (χ1) is 6.25. The van der Waals surface area contributed by atoms with Gasteiger partial charge >= 0.3 is 5.97 Å². The molecule has 0 aromatic heterocycles. The van der Waals surface area contributed by atoms with Crippen LogP contribution in [0.15, 0.2) is 0 Å². The Morgan fingerprint density at radius 3 is 2.14 bits per heavy atom. The van der Waals surface area contributed by atoms with Gasteiger partial charge in [0.1, 0.15) is 10.00 Å². The molecule has 0 saturated heterocycles. The molecule has 0 aliphatic rings. The Morgan fingerprint density at radius 1 is 1.43 bits per heavy atom. The monoisotopic (exact) mass is 221 g/mol. The topological polar surface area (TPSA) is 83.5 Å². The van der Waals surface area contributed by atoms with Crippen LogP contribution < -0.4 is 5.32 Å². The van der Waals surface area contributed by atoms with Gasteiger partial charge in [-0.15, -0.1) is 0 Å². The number of carbonyl (C=O) groups is 2. The van der Waals surface area contributed by atoms with Crippen LogP contribution in [-0.2, 0) is 20.4 Å². The van der Waals surface area contributed by atoms with E-state index in [1.54, 1.807) is 0 Å². The molecule has 0 bridgehead atoms. The lowest BCUT2D eigenvalue weighted by molar-refractivity contribution is -0.139. The van der Waals surface area contributed by atoms with Gasteiger partial charge < -0.3 is 10.4 Å². The number of hydrogen-bond acceptors (Lipinski definition) is 3.